The Morgan fingerprint density at radius 1 is 1.17 bits per heavy atom. The van der Waals surface area contributed by atoms with Crippen LogP contribution < -0.4 is 16.8 Å². The summed E-state index contributed by atoms with van der Waals surface area (Å²) in [5.41, 5.74) is 11.4. The zero-order chi connectivity index (χ0) is 26.9. The third-order valence-electron chi connectivity index (χ3n) is 6.73. The minimum Gasteiger partial charge on any atom is -0.405 e. The van der Waals surface area contributed by atoms with Gasteiger partial charge >= 0.3 is 0 Å². The van der Waals surface area contributed by atoms with Gasteiger partial charge in [0.05, 0.1) is 0 Å². The van der Waals surface area contributed by atoms with Crippen molar-refractivity contribution in [1.29, 1.82) is 0 Å². The van der Waals surface area contributed by atoms with Crippen molar-refractivity contribution in [3.63, 3.8) is 0 Å². The first-order chi connectivity index (χ1) is 17.3. The molecule has 0 aromatic heterocycles. The monoisotopic (exact) mass is 496 g/mol. The van der Waals surface area contributed by atoms with Crippen LogP contribution in [0.4, 0.5) is 0 Å². The molecule has 0 bridgehead atoms. The van der Waals surface area contributed by atoms with Gasteiger partial charge in [-0.05, 0) is 87.0 Å². The van der Waals surface area contributed by atoms with E-state index in [1.807, 2.05) is 20.9 Å². The summed E-state index contributed by atoms with van der Waals surface area (Å²) in [6, 6.07) is 15.1. The number of amides is 2. The number of nitrogens with one attached hydrogen (secondary N) is 1. The lowest BCUT2D eigenvalue weighted by molar-refractivity contribution is -0.140. The van der Waals surface area contributed by atoms with Crippen LogP contribution in [-0.4, -0.2) is 42.9 Å². The van der Waals surface area contributed by atoms with Gasteiger partial charge in [-0.25, -0.2) is 0 Å². The van der Waals surface area contributed by atoms with Crippen LogP contribution in [0.2, 0.25) is 0 Å². The molecule has 2 unspecified atom stereocenters. The lowest BCUT2D eigenvalue weighted by Gasteiger charge is -2.26. The lowest BCUT2D eigenvalue weighted by atomic mass is 9.99. The van der Waals surface area contributed by atoms with Crippen LogP contribution in [0.3, 0.4) is 0 Å². The maximum absolute atomic E-state index is 12.0. The van der Waals surface area contributed by atoms with E-state index in [2.05, 4.69) is 67.0 Å². The van der Waals surface area contributed by atoms with Crippen LogP contribution in [0, 0.1) is 11.8 Å². The van der Waals surface area contributed by atoms with Crippen molar-refractivity contribution in [1.82, 2.24) is 10.2 Å². The molecule has 1 saturated heterocycles. The zero-order valence-corrected chi connectivity index (χ0v) is 22.8. The van der Waals surface area contributed by atoms with E-state index >= 15 is 0 Å². The molecule has 3 rings (SSSR count). The summed E-state index contributed by atoms with van der Waals surface area (Å²) in [6.07, 6.45) is 8.29. The van der Waals surface area contributed by atoms with Crippen molar-refractivity contribution >= 4 is 22.6 Å². The van der Waals surface area contributed by atoms with Gasteiger partial charge in [0.2, 0.25) is 11.8 Å². The summed E-state index contributed by atoms with van der Waals surface area (Å²) in [7, 11) is 2.03. The van der Waals surface area contributed by atoms with Gasteiger partial charge in [0.1, 0.15) is 6.04 Å². The van der Waals surface area contributed by atoms with Crippen molar-refractivity contribution in [3.8, 4) is 0 Å². The molecule has 200 valence electrons. The second-order valence-electron chi connectivity index (χ2n) is 9.58. The number of benzene rings is 2. The number of carbonyl (C=O) groups excluding carboxylic acids is 2. The normalized spacial score (nSPS) is 15.5. The van der Waals surface area contributed by atoms with Gasteiger partial charge in [0.25, 0.3) is 0 Å². The summed E-state index contributed by atoms with van der Waals surface area (Å²) in [5, 5.41) is 5.94. The molecule has 0 saturated carbocycles. The molecule has 1 heterocycles. The molecule has 6 nitrogen and oxygen atoms in total. The predicted octanol–water partition coefficient (Wildman–Crippen LogP) is 5.01. The van der Waals surface area contributed by atoms with Gasteiger partial charge < -0.3 is 21.7 Å². The highest BCUT2D eigenvalue weighted by Gasteiger charge is 2.34. The molecule has 1 aliphatic rings. The van der Waals surface area contributed by atoms with Crippen molar-refractivity contribution in [2.24, 2.45) is 23.3 Å². The predicted molar refractivity (Wildman–Crippen MR) is 152 cm³/mol. The molecule has 1 fully saturated rings. The van der Waals surface area contributed by atoms with Crippen LogP contribution in [-0.2, 0) is 16.0 Å². The van der Waals surface area contributed by atoms with Gasteiger partial charge in [-0.1, -0.05) is 69.8 Å². The number of hydrogen-bond acceptors (Lipinski definition) is 4. The summed E-state index contributed by atoms with van der Waals surface area (Å²) in [4.78, 5) is 24.9. The number of aryl methyl sites for hydroxylation is 1. The van der Waals surface area contributed by atoms with Crippen molar-refractivity contribution in [3.05, 3.63) is 60.8 Å². The van der Waals surface area contributed by atoms with Crippen molar-refractivity contribution in [2.45, 2.75) is 71.8 Å². The Labute approximate surface area is 218 Å². The Hall–Kier alpha value is -2.86. The van der Waals surface area contributed by atoms with Crippen LogP contribution in [0.1, 0.15) is 64.9 Å². The SMILES string of the molecule is C=CN.CCC(CC)C(=O)N1CCCC1C(N)=O.CNCC(C)CCCc1ccc2ccccc2c1. The first-order valence-corrected chi connectivity index (χ1v) is 13.4. The van der Waals surface area contributed by atoms with E-state index in [0.29, 0.717) is 6.54 Å². The molecule has 2 aromatic rings. The highest BCUT2D eigenvalue weighted by molar-refractivity contribution is 5.88. The number of carbonyl (C=O) groups is 2. The standard InChI is InChI=1S/C17H23N.C11H20N2O2.C2H5N/c1-14(13-18-2)6-5-7-15-10-11-16-8-3-4-9-17(16)12-15;1-3-8(4-2)11(15)13-7-5-6-9(13)10(12)14;1-2-3/h3-4,8-12,14,18H,5-7,13H2,1-2H3;8-9H,3-7H2,1-2H3,(H2,12,14);2H,1,3H2. The maximum Gasteiger partial charge on any atom is 0.240 e. The van der Waals surface area contributed by atoms with E-state index in [1.165, 1.54) is 41.8 Å². The first kappa shape index (κ1) is 31.2. The smallest absolute Gasteiger partial charge is 0.240 e. The largest absolute Gasteiger partial charge is 0.405 e. The minimum absolute atomic E-state index is 0.0462. The Kier molecular flexibility index (Phi) is 15.2. The van der Waals surface area contributed by atoms with Gasteiger partial charge in [0, 0.05) is 12.5 Å². The van der Waals surface area contributed by atoms with E-state index in [-0.39, 0.29) is 23.8 Å². The molecule has 2 aromatic carbocycles. The van der Waals surface area contributed by atoms with Gasteiger partial charge in [-0.2, -0.15) is 0 Å². The molecular weight excluding hydrogens is 448 g/mol. The summed E-state index contributed by atoms with van der Waals surface area (Å²) in [6.45, 7) is 11.3. The minimum atomic E-state index is -0.369. The van der Waals surface area contributed by atoms with Gasteiger partial charge in [0.15, 0.2) is 0 Å². The fraction of sp³-hybridized carbons (Fsp3) is 0.533. The average molecular weight is 497 g/mol. The molecule has 2 atom stereocenters. The molecule has 0 aliphatic carbocycles. The van der Waals surface area contributed by atoms with E-state index < -0.39 is 0 Å². The van der Waals surface area contributed by atoms with Gasteiger partial charge in [-0.15, -0.1) is 0 Å². The molecule has 36 heavy (non-hydrogen) atoms. The zero-order valence-electron chi connectivity index (χ0n) is 22.8. The van der Waals surface area contributed by atoms with Gasteiger partial charge in [-0.3, -0.25) is 9.59 Å². The molecule has 2 amide bonds. The number of fused-ring (bicyclic) bond motifs is 1. The second kappa shape index (κ2) is 17.6. The highest BCUT2D eigenvalue weighted by atomic mass is 16.2. The highest BCUT2D eigenvalue weighted by Crippen LogP contribution is 2.22. The quantitative estimate of drug-likeness (QED) is 0.430. The third-order valence-corrected chi connectivity index (χ3v) is 6.73. The fourth-order valence-electron chi connectivity index (χ4n) is 4.70. The Morgan fingerprint density at radius 2 is 1.81 bits per heavy atom. The Bertz CT molecular complexity index is 926. The van der Waals surface area contributed by atoms with Crippen LogP contribution >= 0.6 is 0 Å². The van der Waals surface area contributed by atoms with Crippen LogP contribution in [0.25, 0.3) is 10.8 Å². The Morgan fingerprint density at radius 3 is 2.39 bits per heavy atom. The van der Waals surface area contributed by atoms with Crippen LogP contribution in [0.15, 0.2) is 55.2 Å². The molecular formula is C30H48N4O2. The number of nitrogens with zero attached hydrogens (tertiary/aromatic N) is 1. The fourth-order valence-corrected chi connectivity index (χ4v) is 4.70. The molecule has 0 spiro atoms. The van der Waals surface area contributed by atoms with E-state index in [0.717, 1.165) is 38.1 Å². The number of likely N-dealkylation sites (tertiary alicyclic amines) is 1. The lowest BCUT2D eigenvalue weighted by Crippen LogP contribution is -2.45. The van der Waals surface area contributed by atoms with E-state index in [1.54, 1.807) is 4.90 Å². The second-order valence-corrected chi connectivity index (χ2v) is 9.58. The summed E-state index contributed by atoms with van der Waals surface area (Å²) in [5.74, 6) is 0.550. The summed E-state index contributed by atoms with van der Waals surface area (Å²) >= 11 is 0. The van der Waals surface area contributed by atoms with Crippen molar-refractivity contribution < 1.29 is 9.59 Å². The number of primary amides is 1. The molecule has 6 heteroatoms. The molecule has 5 N–H and O–H groups in total. The first-order valence-electron chi connectivity index (χ1n) is 13.4. The Balaban J connectivity index is 0.000000329. The number of nitrogens with two attached hydrogens (primary N) is 2. The molecule has 1 aliphatic heterocycles. The van der Waals surface area contributed by atoms with E-state index in [4.69, 9.17) is 5.73 Å². The number of hydrogen-bond donors (Lipinski definition) is 3. The molecule has 0 radical (unpaired) electrons. The number of rotatable bonds is 10. The summed E-state index contributed by atoms with van der Waals surface area (Å²) < 4.78 is 0. The van der Waals surface area contributed by atoms with E-state index in [9.17, 15) is 9.59 Å². The average Bonchev–Trinajstić information content (AvgIpc) is 3.36. The van der Waals surface area contributed by atoms with Crippen LogP contribution in [0.5, 0.6) is 0 Å². The third kappa shape index (κ3) is 10.4. The van der Waals surface area contributed by atoms with Crippen molar-refractivity contribution in [2.75, 3.05) is 20.1 Å². The maximum atomic E-state index is 12.0. The topological polar surface area (TPSA) is 101 Å².